The van der Waals surface area contributed by atoms with E-state index in [9.17, 15) is 0 Å². The van der Waals surface area contributed by atoms with E-state index in [1.54, 1.807) is 6.07 Å². The number of rotatable bonds is 3. The zero-order valence-corrected chi connectivity index (χ0v) is 11.7. The van der Waals surface area contributed by atoms with Crippen molar-refractivity contribution in [2.45, 2.75) is 13.0 Å². The molecule has 0 bridgehead atoms. The third kappa shape index (κ3) is 2.96. The number of nitrogens with one attached hydrogen (secondary N) is 1. The normalized spacial score (nSPS) is 12.7. The molecule has 0 aliphatic heterocycles. The van der Waals surface area contributed by atoms with Crippen molar-refractivity contribution in [1.29, 1.82) is 0 Å². The molecule has 1 N–H and O–H groups in total. The van der Waals surface area contributed by atoms with Crippen LogP contribution in [0.5, 0.6) is 0 Å². The SMILES string of the molecule is CNC(C)c1nnc(-c2cc(Cl)cc(Cl)c2)s1. The largest absolute Gasteiger partial charge is 0.311 e. The first-order valence-corrected chi connectivity index (χ1v) is 6.64. The van der Waals surface area contributed by atoms with E-state index in [-0.39, 0.29) is 6.04 Å². The van der Waals surface area contributed by atoms with Crippen LogP contribution in [0.15, 0.2) is 18.2 Å². The van der Waals surface area contributed by atoms with Crippen molar-refractivity contribution in [2.24, 2.45) is 0 Å². The molecule has 1 aromatic heterocycles. The fraction of sp³-hybridized carbons (Fsp3) is 0.273. The lowest BCUT2D eigenvalue weighted by atomic mass is 10.2. The predicted molar refractivity (Wildman–Crippen MR) is 72.8 cm³/mol. The fourth-order valence-corrected chi connectivity index (χ4v) is 2.74. The zero-order valence-electron chi connectivity index (χ0n) is 9.37. The number of hydrogen-bond acceptors (Lipinski definition) is 4. The van der Waals surface area contributed by atoms with E-state index in [4.69, 9.17) is 23.2 Å². The molecule has 0 saturated heterocycles. The fourth-order valence-electron chi connectivity index (χ4n) is 1.33. The molecule has 1 atom stereocenters. The number of hydrogen-bond donors (Lipinski definition) is 1. The van der Waals surface area contributed by atoms with Crippen molar-refractivity contribution in [3.8, 4) is 10.6 Å². The highest BCUT2D eigenvalue weighted by Gasteiger charge is 2.12. The van der Waals surface area contributed by atoms with Gasteiger partial charge in [0.25, 0.3) is 0 Å². The summed E-state index contributed by atoms with van der Waals surface area (Å²) in [5.74, 6) is 0. The topological polar surface area (TPSA) is 37.8 Å². The molecule has 90 valence electrons. The van der Waals surface area contributed by atoms with E-state index in [0.717, 1.165) is 15.6 Å². The minimum atomic E-state index is 0.191. The summed E-state index contributed by atoms with van der Waals surface area (Å²) in [6, 6.07) is 5.56. The summed E-state index contributed by atoms with van der Waals surface area (Å²) >= 11 is 13.4. The quantitative estimate of drug-likeness (QED) is 0.933. The van der Waals surface area contributed by atoms with Crippen LogP contribution in [0.4, 0.5) is 0 Å². The molecule has 0 radical (unpaired) electrons. The summed E-state index contributed by atoms with van der Waals surface area (Å²) in [7, 11) is 1.89. The van der Waals surface area contributed by atoms with Gasteiger partial charge in [-0.25, -0.2) is 0 Å². The van der Waals surface area contributed by atoms with E-state index in [0.29, 0.717) is 10.0 Å². The number of nitrogens with zero attached hydrogens (tertiary/aromatic N) is 2. The third-order valence-electron chi connectivity index (χ3n) is 2.35. The molecule has 0 amide bonds. The zero-order chi connectivity index (χ0) is 12.4. The molecule has 17 heavy (non-hydrogen) atoms. The second-order valence-corrected chi connectivity index (χ2v) is 5.50. The predicted octanol–water partition coefficient (Wildman–Crippen LogP) is 3.79. The summed E-state index contributed by atoms with van der Waals surface area (Å²) in [6.45, 7) is 2.04. The molecule has 0 fully saturated rings. The molecule has 6 heteroatoms. The van der Waals surface area contributed by atoms with Crippen LogP contribution < -0.4 is 5.32 Å². The Hall–Kier alpha value is -0.680. The Morgan fingerprint density at radius 2 is 1.82 bits per heavy atom. The third-order valence-corrected chi connectivity index (χ3v) is 3.95. The lowest BCUT2D eigenvalue weighted by Crippen LogP contribution is -2.11. The van der Waals surface area contributed by atoms with Crippen LogP contribution in [0.2, 0.25) is 10.0 Å². The van der Waals surface area contributed by atoms with Gasteiger partial charge in [0.1, 0.15) is 10.0 Å². The van der Waals surface area contributed by atoms with Crippen LogP contribution in [0, 0.1) is 0 Å². The van der Waals surface area contributed by atoms with Crippen LogP contribution in [0.25, 0.3) is 10.6 Å². The van der Waals surface area contributed by atoms with Gasteiger partial charge in [-0.3, -0.25) is 0 Å². The summed E-state index contributed by atoms with van der Waals surface area (Å²) in [5.41, 5.74) is 0.898. The van der Waals surface area contributed by atoms with E-state index >= 15 is 0 Å². The van der Waals surface area contributed by atoms with Gasteiger partial charge in [0.05, 0.1) is 6.04 Å². The Morgan fingerprint density at radius 1 is 1.18 bits per heavy atom. The average Bonchev–Trinajstić information content (AvgIpc) is 2.76. The molecule has 2 rings (SSSR count). The minimum absolute atomic E-state index is 0.191. The van der Waals surface area contributed by atoms with Gasteiger partial charge in [-0.15, -0.1) is 10.2 Å². The lowest BCUT2D eigenvalue weighted by Gasteiger charge is -2.03. The van der Waals surface area contributed by atoms with E-state index in [1.807, 2.05) is 26.1 Å². The highest BCUT2D eigenvalue weighted by molar-refractivity contribution is 7.14. The molecule has 2 aromatic rings. The highest BCUT2D eigenvalue weighted by atomic mass is 35.5. The number of benzene rings is 1. The minimum Gasteiger partial charge on any atom is -0.311 e. The Kier molecular flexibility index (Phi) is 3.99. The standard InChI is InChI=1S/C11H11Cl2N3S/c1-6(14-2)10-15-16-11(17-10)7-3-8(12)5-9(13)4-7/h3-6,14H,1-2H3. The molecule has 3 nitrogen and oxygen atoms in total. The van der Waals surface area contributed by atoms with Crippen LogP contribution in [-0.2, 0) is 0 Å². The molecular weight excluding hydrogens is 277 g/mol. The number of halogens is 2. The molecule has 0 aliphatic rings. The molecule has 0 aliphatic carbocycles. The van der Waals surface area contributed by atoms with Crippen molar-refractivity contribution >= 4 is 34.5 Å². The molecule has 1 heterocycles. The Morgan fingerprint density at radius 3 is 2.41 bits per heavy atom. The first-order valence-electron chi connectivity index (χ1n) is 5.07. The first-order chi connectivity index (χ1) is 8.10. The van der Waals surface area contributed by atoms with Crippen LogP contribution in [0.1, 0.15) is 18.0 Å². The van der Waals surface area contributed by atoms with Crippen molar-refractivity contribution < 1.29 is 0 Å². The summed E-state index contributed by atoms with van der Waals surface area (Å²) in [5, 5.41) is 14.4. The van der Waals surface area contributed by atoms with Gasteiger partial charge in [0.15, 0.2) is 0 Å². The van der Waals surface area contributed by atoms with Gasteiger partial charge in [-0.2, -0.15) is 0 Å². The second kappa shape index (κ2) is 5.31. The van der Waals surface area contributed by atoms with Gasteiger partial charge in [0, 0.05) is 15.6 Å². The maximum absolute atomic E-state index is 5.96. The molecule has 0 saturated carbocycles. The molecule has 1 aromatic carbocycles. The average molecular weight is 288 g/mol. The van der Waals surface area contributed by atoms with Gasteiger partial charge < -0.3 is 5.32 Å². The van der Waals surface area contributed by atoms with Gasteiger partial charge in [-0.05, 0) is 32.2 Å². The van der Waals surface area contributed by atoms with Gasteiger partial charge >= 0.3 is 0 Å². The maximum Gasteiger partial charge on any atom is 0.147 e. The monoisotopic (exact) mass is 287 g/mol. The summed E-state index contributed by atoms with van der Waals surface area (Å²) in [6.07, 6.45) is 0. The Balaban J connectivity index is 2.36. The van der Waals surface area contributed by atoms with E-state index in [2.05, 4.69) is 15.5 Å². The second-order valence-electron chi connectivity index (χ2n) is 3.61. The first kappa shape index (κ1) is 12.8. The number of aromatic nitrogens is 2. The van der Waals surface area contributed by atoms with Crippen molar-refractivity contribution in [2.75, 3.05) is 7.05 Å². The Bertz CT molecular complexity index is 507. The molecule has 0 spiro atoms. The van der Waals surface area contributed by atoms with Crippen molar-refractivity contribution in [3.63, 3.8) is 0 Å². The van der Waals surface area contributed by atoms with Crippen molar-refractivity contribution in [3.05, 3.63) is 33.3 Å². The Labute approximate surface area is 114 Å². The lowest BCUT2D eigenvalue weighted by molar-refractivity contribution is 0.640. The summed E-state index contributed by atoms with van der Waals surface area (Å²) in [4.78, 5) is 0. The molecule has 1 unspecified atom stereocenters. The highest BCUT2D eigenvalue weighted by Crippen LogP contribution is 2.30. The van der Waals surface area contributed by atoms with Gasteiger partial charge in [0.2, 0.25) is 0 Å². The summed E-state index contributed by atoms with van der Waals surface area (Å²) < 4.78 is 0. The van der Waals surface area contributed by atoms with Crippen LogP contribution in [-0.4, -0.2) is 17.2 Å². The van der Waals surface area contributed by atoms with Gasteiger partial charge in [-0.1, -0.05) is 34.5 Å². The van der Waals surface area contributed by atoms with E-state index in [1.165, 1.54) is 11.3 Å². The van der Waals surface area contributed by atoms with Crippen LogP contribution in [0.3, 0.4) is 0 Å². The maximum atomic E-state index is 5.96. The van der Waals surface area contributed by atoms with Crippen LogP contribution >= 0.6 is 34.5 Å². The molecular formula is C11H11Cl2N3S. The van der Waals surface area contributed by atoms with Crippen molar-refractivity contribution in [1.82, 2.24) is 15.5 Å². The van der Waals surface area contributed by atoms with E-state index < -0.39 is 0 Å². The smallest absolute Gasteiger partial charge is 0.147 e.